The molecule has 0 bridgehead atoms. The molecule has 1 rings (SSSR count). The minimum Gasteiger partial charge on any atom is -0.480 e. The first-order chi connectivity index (χ1) is 7.06. The van der Waals surface area contributed by atoms with Crippen LogP contribution in [0.3, 0.4) is 0 Å². The molecule has 1 aromatic carbocycles. The molecule has 15 heavy (non-hydrogen) atoms. The minimum absolute atomic E-state index is 0.285. The highest BCUT2D eigenvalue weighted by atomic mass is 32.2. The van der Waals surface area contributed by atoms with Crippen LogP contribution < -0.4 is 0 Å². The summed E-state index contributed by atoms with van der Waals surface area (Å²) in [7, 11) is 0. The lowest BCUT2D eigenvalue weighted by molar-refractivity contribution is -0.150. The molecule has 0 saturated heterocycles. The van der Waals surface area contributed by atoms with Gasteiger partial charge in [-0.25, -0.2) is 0 Å². The Kier molecular flexibility index (Phi) is 3.74. The number of carboxylic acid groups (broad SMARTS) is 2. The fourth-order valence-corrected chi connectivity index (χ4v) is 1.60. The number of thioether (sulfide) groups is 1. The predicted octanol–water partition coefficient (Wildman–Crippen LogP) is 1.66. The molecular weight excluding hydrogens is 216 g/mol. The normalized spacial score (nSPS) is 10.3. The van der Waals surface area contributed by atoms with E-state index in [0.29, 0.717) is 0 Å². The fourth-order valence-electron chi connectivity index (χ4n) is 1.19. The van der Waals surface area contributed by atoms with Crippen molar-refractivity contribution in [3.05, 3.63) is 29.8 Å². The summed E-state index contributed by atoms with van der Waals surface area (Å²) < 4.78 is 0. The molecule has 0 aliphatic heterocycles. The van der Waals surface area contributed by atoms with Crippen LogP contribution >= 0.6 is 11.8 Å². The molecule has 0 amide bonds. The van der Waals surface area contributed by atoms with E-state index in [9.17, 15) is 9.59 Å². The van der Waals surface area contributed by atoms with Crippen LogP contribution in [0.1, 0.15) is 11.5 Å². The Bertz CT molecular complexity index is 358. The van der Waals surface area contributed by atoms with Crippen molar-refractivity contribution >= 4 is 23.7 Å². The topological polar surface area (TPSA) is 74.6 Å². The zero-order valence-corrected chi connectivity index (χ0v) is 8.82. The molecule has 1 aromatic rings. The Morgan fingerprint density at radius 2 is 1.60 bits per heavy atom. The first-order valence-corrected chi connectivity index (χ1v) is 5.38. The van der Waals surface area contributed by atoms with Crippen LogP contribution in [0.25, 0.3) is 0 Å². The molecule has 0 unspecified atom stereocenters. The molecule has 0 atom stereocenters. The van der Waals surface area contributed by atoms with Crippen molar-refractivity contribution < 1.29 is 19.8 Å². The van der Waals surface area contributed by atoms with Gasteiger partial charge in [0, 0.05) is 4.90 Å². The predicted molar refractivity (Wildman–Crippen MR) is 56.2 cm³/mol. The van der Waals surface area contributed by atoms with Crippen molar-refractivity contribution in [2.45, 2.75) is 10.8 Å². The van der Waals surface area contributed by atoms with E-state index in [1.165, 1.54) is 23.9 Å². The van der Waals surface area contributed by atoms with Gasteiger partial charge in [0.1, 0.15) is 0 Å². The van der Waals surface area contributed by atoms with Gasteiger partial charge < -0.3 is 10.2 Å². The van der Waals surface area contributed by atoms with Gasteiger partial charge >= 0.3 is 11.9 Å². The Morgan fingerprint density at radius 3 is 1.93 bits per heavy atom. The number of hydrogen-bond donors (Lipinski definition) is 2. The Labute approximate surface area is 90.9 Å². The average Bonchev–Trinajstić information content (AvgIpc) is 2.18. The zero-order chi connectivity index (χ0) is 11.4. The van der Waals surface area contributed by atoms with Crippen molar-refractivity contribution in [1.29, 1.82) is 0 Å². The number of aliphatic carboxylic acids is 2. The molecule has 0 aliphatic rings. The van der Waals surface area contributed by atoms with Crippen LogP contribution in [0.15, 0.2) is 29.2 Å². The lowest BCUT2D eigenvalue weighted by atomic mass is 10.00. The lowest BCUT2D eigenvalue weighted by Gasteiger charge is -2.07. The summed E-state index contributed by atoms with van der Waals surface area (Å²) in [5.74, 6) is -4.18. The first kappa shape index (κ1) is 11.6. The van der Waals surface area contributed by atoms with E-state index in [4.69, 9.17) is 10.2 Å². The van der Waals surface area contributed by atoms with E-state index in [1.54, 1.807) is 12.1 Å². The molecule has 0 fully saturated rings. The van der Waals surface area contributed by atoms with Crippen LogP contribution in [0.4, 0.5) is 0 Å². The number of carbonyl (C=O) groups is 2. The van der Waals surface area contributed by atoms with Gasteiger partial charge in [0.2, 0.25) is 0 Å². The molecule has 0 heterocycles. The van der Waals surface area contributed by atoms with E-state index in [-0.39, 0.29) is 5.56 Å². The average molecular weight is 226 g/mol. The van der Waals surface area contributed by atoms with Crippen LogP contribution in [-0.4, -0.2) is 28.4 Å². The zero-order valence-electron chi connectivity index (χ0n) is 8.01. The van der Waals surface area contributed by atoms with Gasteiger partial charge in [-0.15, -0.1) is 11.8 Å². The lowest BCUT2D eigenvalue weighted by Crippen LogP contribution is -2.20. The SMILES string of the molecule is CSc1ccc(C(C(=O)O)C(=O)O)cc1. The summed E-state index contributed by atoms with van der Waals surface area (Å²) in [4.78, 5) is 22.4. The molecule has 5 heteroatoms. The second-order valence-electron chi connectivity index (χ2n) is 2.88. The Hall–Kier alpha value is -1.49. The van der Waals surface area contributed by atoms with Gasteiger partial charge in [-0.05, 0) is 24.0 Å². The number of rotatable bonds is 4. The molecule has 0 aromatic heterocycles. The summed E-state index contributed by atoms with van der Waals surface area (Å²) in [6.45, 7) is 0. The van der Waals surface area contributed by atoms with Gasteiger partial charge in [-0.3, -0.25) is 9.59 Å². The van der Waals surface area contributed by atoms with Gasteiger partial charge in [0.05, 0.1) is 0 Å². The second kappa shape index (κ2) is 4.84. The minimum atomic E-state index is -1.49. The van der Waals surface area contributed by atoms with E-state index in [1.807, 2.05) is 6.26 Å². The van der Waals surface area contributed by atoms with Crippen molar-refractivity contribution in [1.82, 2.24) is 0 Å². The van der Waals surface area contributed by atoms with Crippen LogP contribution in [0.5, 0.6) is 0 Å². The Morgan fingerprint density at radius 1 is 1.13 bits per heavy atom. The van der Waals surface area contributed by atoms with Gasteiger partial charge in [0.25, 0.3) is 0 Å². The second-order valence-corrected chi connectivity index (χ2v) is 3.76. The highest BCUT2D eigenvalue weighted by molar-refractivity contribution is 7.98. The number of hydrogen-bond acceptors (Lipinski definition) is 3. The van der Waals surface area contributed by atoms with Crippen LogP contribution in [0, 0.1) is 0 Å². The number of carboxylic acids is 2. The van der Waals surface area contributed by atoms with Gasteiger partial charge in [-0.1, -0.05) is 12.1 Å². The molecule has 0 radical (unpaired) electrons. The largest absolute Gasteiger partial charge is 0.480 e. The maximum absolute atomic E-state index is 10.7. The number of benzene rings is 1. The molecule has 0 spiro atoms. The summed E-state index contributed by atoms with van der Waals surface area (Å²) >= 11 is 1.51. The molecular formula is C10H10O4S. The van der Waals surface area contributed by atoms with Crippen molar-refractivity contribution in [3.8, 4) is 0 Å². The summed E-state index contributed by atoms with van der Waals surface area (Å²) in [5.41, 5.74) is 0.285. The summed E-state index contributed by atoms with van der Waals surface area (Å²) in [6, 6.07) is 6.47. The summed E-state index contributed by atoms with van der Waals surface area (Å²) in [5, 5.41) is 17.5. The third-order valence-corrected chi connectivity index (χ3v) is 2.69. The monoisotopic (exact) mass is 226 g/mol. The smallest absolute Gasteiger partial charge is 0.322 e. The van der Waals surface area contributed by atoms with E-state index >= 15 is 0 Å². The van der Waals surface area contributed by atoms with Gasteiger partial charge in [0.15, 0.2) is 5.92 Å². The first-order valence-electron chi connectivity index (χ1n) is 4.16. The quantitative estimate of drug-likeness (QED) is 0.603. The van der Waals surface area contributed by atoms with E-state index < -0.39 is 17.9 Å². The highest BCUT2D eigenvalue weighted by Crippen LogP contribution is 2.21. The maximum atomic E-state index is 10.7. The molecule has 0 aliphatic carbocycles. The molecule has 80 valence electrons. The standard InChI is InChI=1S/C10H10O4S/c1-15-7-4-2-6(3-5-7)8(9(11)12)10(13)14/h2-5,8H,1H3,(H,11,12)(H,13,14). The van der Waals surface area contributed by atoms with Crippen molar-refractivity contribution in [2.75, 3.05) is 6.26 Å². The third-order valence-electron chi connectivity index (χ3n) is 1.94. The summed E-state index contributed by atoms with van der Waals surface area (Å²) in [6.07, 6.45) is 1.89. The Balaban J connectivity index is 3.02. The van der Waals surface area contributed by atoms with Crippen molar-refractivity contribution in [2.24, 2.45) is 0 Å². The molecule has 0 saturated carbocycles. The third kappa shape index (κ3) is 2.73. The van der Waals surface area contributed by atoms with E-state index in [2.05, 4.69) is 0 Å². The van der Waals surface area contributed by atoms with Gasteiger partial charge in [-0.2, -0.15) is 0 Å². The van der Waals surface area contributed by atoms with E-state index in [0.717, 1.165) is 4.90 Å². The van der Waals surface area contributed by atoms with Crippen LogP contribution in [-0.2, 0) is 9.59 Å². The van der Waals surface area contributed by atoms with Crippen LogP contribution in [0.2, 0.25) is 0 Å². The molecule has 4 nitrogen and oxygen atoms in total. The molecule has 2 N–H and O–H groups in total. The maximum Gasteiger partial charge on any atom is 0.322 e. The van der Waals surface area contributed by atoms with Crippen molar-refractivity contribution in [3.63, 3.8) is 0 Å². The fraction of sp³-hybridized carbons (Fsp3) is 0.200. The highest BCUT2D eigenvalue weighted by Gasteiger charge is 2.27.